The third kappa shape index (κ3) is 1.75. The predicted octanol–water partition coefficient (Wildman–Crippen LogP) is 2.08. The lowest BCUT2D eigenvalue weighted by Gasteiger charge is -2.12. The van der Waals surface area contributed by atoms with Crippen LogP contribution in [0.3, 0.4) is 0 Å². The Kier molecular flexibility index (Phi) is 2.73. The summed E-state index contributed by atoms with van der Waals surface area (Å²) in [6.45, 7) is 4.32. The van der Waals surface area contributed by atoms with Gasteiger partial charge in [-0.1, -0.05) is 12.1 Å². The highest BCUT2D eigenvalue weighted by atomic mass is 16.5. The number of hydrogen-bond acceptors (Lipinski definition) is 2. The number of aryl methyl sites for hydroxylation is 1. The summed E-state index contributed by atoms with van der Waals surface area (Å²) in [6.07, 6.45) is 1.24. The zero-order valence-corrected chi connectivity index (χ0v) is 8.84. The first-order valence-corrected chi connectivity index (χ1v) is 5.16. The third-order valence-corrected chi connectivity index (χ3v) is 2.96. The molecule has 1 saturated heterocycles. The molecule has 0 aliphatic carbocycles. The van der Waals surface area contributed by atoms with E-state index in [1.54, 1.807) is 7.11 Å². The molecule has 1 fully saturated rings. The van der Waals surface area contributed by atoms with Gasteiger partial charge in [-0.25, -0.2) is 0 Å². The van der Waals surface area contributed by atoms with Crippen molar-refractivity contribution in [2.75, 3.05) is 20.2 Å². The molecule has 0 saturated carbocycles. The molecule has 0 radical (unpaired) electrons. The number of ether oxygens (including phenoxy) is 1. The predicted molar refractivity (Wildman–Crippen MR) is 58.0 cm³/mol. The number of hydrogen-bond donors (Lipinski definition) is 1. The maximum absolute atomic E-state index is 5.32. The van der Waals surface area contributed by atoms with Gasteiger partial charge in [0.1, 0.15) is 5.75 Å². The Morgan fingerprint density at radius 1 is 1.43 bits per heavy atom. The highest BCUT2D eigenvalue weighted by Crippen LogP contribution is 2.27. The molecule has 1 aromatic carbocycles. The zero-order chi connectivity index (χ0) is 9.97. The molecule has 2 heteroatoms. The van der Waals surface area contributed by atoms with Crippen molar-refractivity contribution in [1.29, 1.82) is 0 Å². The van der Waals surface area contributed by atoms with Gasteiger partial charge >= 0.3 is 0 Å². The SMILES string of the molecule is COc1cc(C2CCNC2)ccc1C. The van der Waals surface area contributed by atoms with Gasteiger partial charge in [-0.2, -0.15) is 0 Å². The fourth-order valence-electron chi connectivity index (χ4n) is 2.03. The fraction of sp³-hybridized carbons (Fsp3) is 0.500. The van der Waals surface area contributed by atoms with Crippen molar-refractivity contribution in [2.45, 2.75) is 19.3 Å². The van der Waals surface area contributed by atoms with E-state index in [-0.39, 0.29) is 0 Å². The van der Waals surface area contributed by atoms with Crippen molar-refractivity contribution in [1.82, 2.24) is 5.32 Å². The quantitative estimate of drug-likeness (QED) is 0.772. The van der Waals surface area contributed by atoms with Gasteiger partial charge in [0.25, 0.3) is 0 Å². The summed E-state index contributed by atoms with van der Waals surface area (Å²) in [6, 6.07) is 6.54. The lowest BCUT2D eigenvalue weighted by molar-refractivity contribution is 0.411. The first-order chi connectivity index (χ1) is 6.81. The van der Waals surface area contributed by atoms with Gasteiger partial charge in [-0.05, 0) is 43.0 Å². The first-order valence-electron chi connectivity index (χ1n) is 5.16. The van der Waals surface area contributed by atoms with E-state index >= 15 is 0 Å². The maximum atomic E-state index is 5.32. The molecule has 1 aliphatic heterocycles. The second kappa shape index (κ2) is 4.01. The molecule has 1 heterocycles. The molecule has 0 amide bonds. The molecule has 0 bridgehead atoms. The minimum Gasteiger partial charge on any atom is -0.496 e. The number of rotatable bonds is 2. The summed E-state index contributed by atoms with van der Waals surface area (Å²) < 4.78 is 5.32. The Morgan fingerprint density at radius 2 is 2.29 bits per heavy atom. The molecule has 0 spiro atoms. The topological polar surface area (TPSA) is 21.3 Å². The van der Waals surface area contributed by atoms with Crippen LogP contribution < -0.4 is 10.1 Å². The minimum atomic E-state index is 0.671. The van der Waals surface area contributed by atoms with E-state index in [1.807, 2.05) is 0 Å². The van der Waals surface area contributed by atoms with Crippen molar-refractivity contribution in [2.24, 2.45) is 0 Å². The molecular formula is C12H17NO. The van der Waals surface area contributed by atoms with Crippen LogP contribution in [0.4, 0.5) is 0 Å². The van der Waals surface area contributed by atoms with Crippen LogP contribution in [0.2, 0.25) is 0 Å². The van der Waals surface area contributed by atoms with Crippen LogP contribution in [0.5, 0.6) is 5.75 Å². The Labute approximate surface area is 85.3 Å². The van der Waals surface area contributed by atoms with Crippen LogP contribution in [-0.4, -0.2) is 20.2 Å². The standard InChI is InChI=1S/C12H17NO/c1-9-3-4-10(7-12(9)14-2)11-5-6-13-8-11/h3-4,7,11,13H,5-6,8H2,1-2H3. The summed E-state index contributed by atoms with van der Waals surface area (Å²) in [7, 11) is 1.74. The number of methoxy groups -OCH3 is 1. The zero-order valence-electron chi connectivity index (χ0n) is 8.84. The molecule has 2 nitrogen and oxygen atoms in total. The van der Waals surface area contributed by atoms with Crippen LogP contribution in [0.25, 0.3) is 0 Å². The average Bonchev–Trinajstić information content (AvgIpc) is 2.71. The lowest BCUT2D eigenvalue weighted by Crippen LogP contribution is -2.08. The molecule has 1 unspecified atom stereocenters. The number of nitrogens with one attached hydrogen (secondary N) is 1. The molecule has 2 rings (SSSR count). The highest BCUT2D eigenvalue weighted by Gasteiger charge is 2.17. The van der Waals surface area contributed by atoms with Crippen LogP contribution in [0, 0.1) is 6.92 Å². The van der Waals surface area contributed by atoms with Crippen molar-refractivity contribution in [3.8, 4) is 5.75 Å². The smallest absolute Gasteiger partial charge is 0.122 e. The molecular weight excluding hydrogens is 174 g/mol. The van der Waals surface area contributed by atoms with Gasteiger partial charge in [0.05, 0.1) is 7.11 Å². The summed E-state index contributed by atoms with van der Waals surface area (Å²) in [4.78, 5) is 0. The summed E-state index contributed by atoms with van der Waals surface area (Å²) in [5.41, 5.74) is 2.61. The minimum absolute atomic E-state index is 0.671. The van der Waals surface area contributed by atoms with E-state index in [1.165, 1.54) is 17.5 Å². The van der Waals surface area contributed by atoms with Crippen molar-refractivity contribution in [3.05, 3.63) is 29.3 Å². The van der Waals surface area contributed by atoms with Crippen molar-refractivity contribution < 1.29 is 4.74 Å². The molecule has 14 heavy (non-hydrogen) atoms. The number of benzene rings is 1. The normalized spacial score (nSPS) is 21.1. The summed E-state index contributed by atoms with van der Waals surface area (Å²) in [5, 5.41) is 3.38. The molecule has 76 valence electrons. The van der Waals surface area contributed by atoms with E-state index in [4.69, 9.17) is 4.74 Å². The Balaban J connectivity index is 2.25. The van der Waals surface area contributed by atoms with Gasteiger partial charge in [-0.15, -0.1) is 0 Å². The van der Waals surface area contributed by atoms with E-state index in [9.17, 15) is 0 Å². The van der Waals surface area contributed by atoms with E-state index in [2.05, 4.69) is 30.4 Å². The van der Waals surface area contributed by atoms with E-state index < -0.39 is 0 Å². The third-order valence-electron chi connectivity index (χ3n) is 2.96. The summed E-state index contributed by atoms with van der Waals surface area (Å²) >= 11 is 0. The van der Waals surface area contributed by atoms with Gasteiger partial charge in [0.15, 0.2) is 0 Å². The van der Waals surface area contributed by atoms with E-state index in [0.717, 1.165) is 18.8 Å². The van der Waals surface area contributed by atoms with Crippen LogP contribution in [0.1, 0.15) is 23.5 Å². The maximum Gasteiger partial charge on any atom is 0.122 e. The fourth-order valence-corrected chi connectivity index (χ4v) is 2.03. The van der Waals surface area contributed by atoms with Gasteiger partial charge in [-0.3, -0.25) is 0 Å². The molecule has 1 aromatic rings. The van der Waals surface area contributed by atoms with Crippen LogP contribution in [0.15, 0.2) is 18.2 Å². The average molecular weight is 191 g/mol. The van der Waals surface area contributed by atoms with Crippen LogP contribution >= 0.6 is 0 Å². The molecule has 0 aromatic heterocycles. The first kappa shape index (κ1) is 9.53. The van der Waals surface area contributed by atoms with Gasteiger partial charge in [0.2, 0.25) is 0 Å². The highest BCUT2D eigenvalue weighted by molar-refractivity contribution is 5.38. The Bertz CT molecular complexity index is 316. The lowest BCUT2D eigenvalue weighted by atomic mass is 9.97. The van der Waals surface area contributed by atoms with Crippen molar-refractivity contribution in [3.63, 3.8) is 0 Å². The molecule has 1 atom stereocenters. The summed E-state index contributed by atoms with van der Waals surface area (Å²) in [5.74, 6) is 1.68. The van der Waals surface area contributed by atoms with E-state index in [0.29, 0.717) is 5.92 Å². The molecule has 1 N–H and O–H groups in total. The monoisotopic (exact) mass is 191 g/mol. The largest absolute Gasteiger partial charge is 0.496 e. The second-order valence-electron chi connectivity index (χ2n) is 3.92. The molecule has 1 aliphatic rings. The second-order valence-corrected chi connectivity index (χ2v) is 3.92. The van der Waals surface area contributed by atoms with Gasteiger partial charge < -0.3 is 10.1 Å². The van der Waals surface area contributed by atoms with Gasteiger partial charge in [0, 0.05) is 6.54 Å². The van der Waals surface area contributed by atoms with Crippen LogP contribution in [-0.2, 0) is 0 Å². The Hall–Kier alpha value is -1.02. The van der Waals surface area contributed by atoms with Crippen molar-refractivity contribution >= 4 is 0 Å². The Morgan fingerprint density at radius 3 is 2.93 bits per heavy atom.